The first-order valence-corrected chi connectivity index (χ1v) is 16.0. The van der Waals surface area contributed by atoms with Gasteiger partial charge < -0.3 is 49.8 Å². The second-order valence-electron chi connectivity index (χ2n) is 13.0. The van der Waals surface area contributed by atoms with Crippen LogP contribution in [-0.4, -0.2) is 80.5 Å². The van der Waals surface area contributed by atoms with Crippen molar-refractivity contribution in [3.8, 4) is 23.0 Å². The van der Waals surface area contributed by atoms with Crippen LogP contribution in [0.3, 0.4) is 0 Å². The fraction of sp³-hybridized carbons (Fsp3) is 0.472. The maximum Gasteiger partial charge on any atom is 0.312 e. The topological polar surface area (TPSA) is 201 Å². The van der Waals surface area contributed by atoms with Crippen LogP contribution in [0.15, 0.2) is 42.2 Å². The minimum Gasteiger partial charge on any atom is -0.507 e. The first-order valence-electron chi connectivity index (χ1n) is 16.0. The minimum atomic E-state index is -1.97. The molecule has 0 fully saturated rings. The lowest BCUT2D eigenvalue weighted by Gasteiger charge is -2.33. The van der Waals surface area contributed by atoms with Crippen molar-refractivity contribution in [2.75, 3.05) is 12.4 Å². The van der Waals surface area contributed by atoms with Crippen LogP contribution in [0.5, 0.6) is 23.0 Å². The smallest absolute Gasteiger partial charge is 0.312 e. The van der Waals surface area contributed by atoms with Crippen LogP contribution < -0.4 is 10.1 Å². The highest BCUT2D eigenvalue weighted by Crippen LogP contribution is 2.53. The Balaban J connectivity index is 1.85. The van der Waals surface area contributed by atoms with E-state index in [0.717, 1.165) is 6.07 Å². The van der Waals surface area contributed by atoms with Crippen molar-refractivity contribution in [3.05, 3.63) is 53.3 Å². The van der Waals surface area contributed by atoms with Gasteiger partial charge in [-0.25, -0.2) is 0 Å². The number of phenols is 3. The molecule has 266 valence electrons. The number of allylic oxidation sites excluding steroid dienone is 2. The summed E-state index contributed by atoms with van der Waals surface area (Å²) < 4.78 is 23.0. The van der Waals surface area contributed by atoms with Gasteiger partial charge in [-0.2, -0.15) is 0 Å². The number of amides is 1. The fourth-order valence-electron chi connectivity index (χ4n) is 6.18. The summed E-state index contributed by atoms with van der Waals surface area (Å²) in [4.78, 5) is 39.0. The number of nitrogens with one attached hydrogen (secondary N) is 1. The van der Waals surface area contributed by atoms with Gasteiger partial charge in [0.05, 0.1) is 41.2 Å². The number of benzene rings is 2. The number of aliphatic hydroxyl groups is 2. The van der Waals surface area contributed by atoms with Gasteiger partial charge in [0.15, 0.2) is 5.75 Å². The predicted molar refractivity (Wildman–Crippen MR) is 179 cm³/mol. The monoisotopic (exact) mass is 683 g/mol. The van der Waals surface area contributed by atoms with Gasteiger partial charge in [0, 0.05) is 67.7 Å². The van der Waals surface area contributed by atoms with Crippen molar-refractivity contribution in [1.29, 1.82) is 0 Å². The number of ether oxygens (including phenoxy) is 4. The lowest BCUT2D eigenvalue weighted by Crippen LogP contribution is -2.40. The maximum atomic E-state index is 13.9. The Bertz CT molecular complexity index is 1730. The summed E-state index contributed by atoms with van der Waals surface area (Å²) in [5, 5.41) is 57.7. The molecule has 0 radical (unpaired) electrons. The number of ketones is 1. The number of esters is 1. The Kier molecular flexibility index (Phi) is 11.0. The molecule has 8 unspecified atom stereocenters. The van der Waals surface area contributed by atoms with Gasteiger partial charge in [-0.1, -0.05) is 39.0 Å². The largest absolute Gasteiger partial charge is 0.507 e. The number of methoxy groups -OCH3 is 1. The molecular formula is C36H45NO12. The molecule has 5 rings (SSSR count). The number of phenolic OH excluding ortho intramolecular Hbond substituents is 3. The van der Waals surface area contributed by atoms with Gasteiger partial charge in [-0.15, -0.1) is 0 Å². The first-order chi connectivity index (χ1) is 22.9. The highest BCUT2D eigenvalue weighted by atomic mass is 16.7. The summed E-state index contributed by atoms with van der Waals surface area (Å²) in [5.41, 5.74) is -0.0888. The molecule has 49 heavy (non-hydrogen) atoms. The summed E-state index contributed by atoms with van der Waals surface area (Å²) in [5.74, 6) is -7.25. The molecule has 5 bridgehead atoms. The summed E-state index contributed by atoms with van der Waals surface area (Å²) >= 11 is 0. The van der Waals surface area contributed by atoms with Gasteiger partial charge in [0.25, 0.3) is 11.7 Å². The number of carbonyl (C=O) groups excluding carboxylic acids is 3. The molecule has 0 saturated carbocycles. The molecule has 3 aliphatic heterocycles. The summed E-state index contributed by atoms with van der Waals surface area (Å²) in [6.45, 7) is 10.7. The van der Waals surface area contributed by atoms with Crippen LogP contribution in [0.2, 0.25) is 0 Å². The van der Waals surface area contributed by atoms with Gasteiger partial charge in [-0.3, -0.25) is 14.4 Å². The zero-order valence-corrected chi connectivity index (χ0v) is 28.8. The summed E-state index contributed by atoms with van der Waals surface area (Å²) in [6.07, 6.45) is 3.67. The highest BCUT2D eigenvalue weighted by Gasteiger charge is 2.49. The van der Waals surface area contributed by atoms with Crippen LogP contribution in [0.4, 0.5) is 5.69 Å². The first kappa shape index (κ1) is 37.2. The number of aromatic hydroxyl groups is 3. The van der Waals surface area contributed by atoms with Crippen molar-refractivity contribution >= 4 is 34.1 Å². The van der Waals surface area contributed by atoms with E-state index in [0.29, 0.717) is 0 Å². The Morgan fingerprint density at radius 1 is 1.02 bits per heavy atom. The molecule has 2 aromatic carbocycles. The lowest BCUT2D eigenvalue weighted by atomic mass is 9.84. The zero-order valence-electron chi connectivity index (χ0n) is 28.8. The average Bonchev–Trinajstić information content (AvgIpc) is 3.31. The van der Waals surface area contributed by atoms with E-state index in [1.54, 1.807) is 32.9 Å². The molecule has 3 heterocycles. The van der Waals surface area contributed by atoms with Crippen LogP contribution in [0.1, 0.15) is 63.9 Å². The number of Topliss-reactive ketones (excluding diaryl/α,β-unsaturated/α-hetero) is 1. The Morgan fingerprint density at radius 3 is 2.33 bits per heavy atom. The van der Waals surface area contributed by atoms with E-state index < -0.39 is 82.9 Å². The molecule has 13 nitrogen and oxygen atoms in total. The molecule has 3 aliphatic rings. The molecule has 0 spiro atoms. The number of hydrogen-bond donors (Lipinski definition) is 6. The minimum absolute atomic E-state index is 0.0225. The quantitative estimate of drug-likeness (QED) is 0.147. The van der Waals surface area contributed by atoms with Crippen LogP contribution in [0, 0.1) is 24.7 Å². The molecule has 0 aliphatic carbocycles. The molecule has 2 aromatic rings. The average molecular weight is 684 g/mol. The predicted octanol–water partition coefficient (Wildman–Crippen LogP) is 4.51. The molecular weight excluding hydrogens is 638 g/mol. The van der Waals surface area contributed by atoms with Gasteiger partial charge in [0.1, 0.15) is 23.4 Å². The van der Waals surface area contributed by atoms with E-state index in [2.05, 4.69) is 5.32 Å². The van der Waals surface area contributed by atoms with E-state index in [9.17, 15) is 39.9 Å². The van der Waals surface area contributed by atoms with E-state index in [4.69, 9.17) is 18.9 Å². The number of aliphatic hydroxyl groups excluding tert-OH is 2. The number of rotatable bonds is 2. The van der Waals surface area contributed by atoms with E-state index in [1.165, 1.54) is 53.2 Å². The zero-order chi connectivity index (χ0) is 36.5. The third-order valence-electron chi connectivity index (χ3n) is 9.41. The number of fused-ring (bicyclic) bond motifs is 14. The number of carbonyl (C=O) groups is 3. The standard InChI is InChI=1S/C36H45NO12/c1-16-10-9-11-17(2)35(45)37-22-14-24(40)27-28(32(22)43)31(42)20(5)33-29(27)34(44)36(7,49-33)47-13-12-25(46-8)19(4)26(48-21(6)38)15-23(39)18(3)30(16)41/h9-14,16,18-19,23,25-26,30,39-43H,15H2,1-8H3,(H,37,45)/b10-9+,13-12+,17-11-. The normalized spacial score (nSPS) is 32.1. The van der Waals surface area contributed by atoms with Crippen molar-refractivity contribution in [2.45, 2.75) is 85.1 Å². The molecule has 13 heteroatoms. The van der Waals surface area contributed by atoms with Gasteiger partial charge in [0.2, 0.25) is 0 Å². The van der Waals surface area contributed by atoms with E-state index in [1.807, 2.05) is 0 Å². The van der Waals surface area contributed by atoms with Crippen LogP contribution in [0.25, 0.3) is 10.8 Å². The van der Waals surface area contributed by atoms with E-state index in [-0.39, 0.29) is 45.3 Å². The Morgan fingerprint density at radius 2 is 1.69 bits per heavy atom. The molecule has 8 atom stereocenters. The number of anilines is 1. The molecule has 6 N–H and O–H groups in total. The van der Waals surface area contributed by atoms with Crippen molar-refractivity contribution in [1.82, 2.24) is 0 Å². The Labute approximate surface area is 284 Å². The summed E-state index contributed by atoms with van der Waals surface area (Å²) in [6, 6.07) is 1.06. The number of hydrogen-bond acceptors (Lipinski definition) is 12. The fourth-order valence-corrected chi connectivity index (χ4v) is 6.18. The lowest BCUT2D eigenvalue weighted by molar-refractivity contribution is -0.154. The second kappa shape index (κ2) is 14.5. The van der Waals surface area contributed by atoms with Crippen molar-refractivity contribution in [2.24, 2.45) is 17.8 Å². The third-order valence-corrected chi connectivity index (χ3v) is 9.41. The van der Waals surface area contributed by atoms with Crippen molar-refractivity contribution in [3.63, 3.8) is 0 Å². The van der Waals surface area contributed by atoms with Crippen molar-refractivity contribution < 1.29 is 58.9 Å². The SMILES string of the molecule is COC1/C=C/OC2(C)Oc3c(C)c(O)c4c(O)c(cc(O)c4c3C2=O)NC(=O)/C(C)=C\C=C\C(C)C(O)C(C)C(O)CC(OC(C)=O)C1C. The second-order valence-corrected chi connectivity index (χ2v) is 13.0. The summed E-state index contributed by atoms with van der Waals surface area (Å²) in [7, 11) is 1.43. The highest BCUT2D eigenvalue weighted by molar-refractivity contribution is 6.21. The third kappa shape index (κ3) is 7.24. The molecule has 0 aromatic heterocycles. The van der Waals surface area contributed by atoms with Crippen LogP contribution in [-0.2, 0) is 23.8 Å². The maximum absolute atomic E-state index is 13.9. The Hall–Kier alpha value is -4.59. The van der Waals surface area contributed by atoms with Gasteiger partial charge >= 0.3 is 11.8 Å². The van der Waals surface area contributed by atoms with Crippen LogP contribution >= 0.6 is 0 Å². The van der Waals surface area contributed by atoms with E-state index >= 15 is 0 Å². The molecule has 0 saturated heterocycles. The molecule has 1 amide bonds. The van der Waals surface area contributed by atoms with Gasteiger partial charge in [-0.05, 0) is 19.9 Å².